The Labute approximate surface area is 95.8 Å². The van der Waals surface area contributed by atoms with Gasteiger partial charge in [0.25, 0.3) is 0 Å². The van der Waals surface area contributed by atoms with Gasteiger partial charge in [0.05, 0.1) is 0 Å². The molecule has 1 aliphatic rings. The van der Waals surface area contributed by atoms with Gasteiger partial charge in [0.15, 0.2) is 0 Å². The van der Waals surface area contributed by atoms with Crippen molar-refractivity contribution in [3.05, 3.63) is 29.7 Å². The fourth-order valence-electron chi connectivity index (χ4n) is 0.732. The van der Waals surface area contributed by atoms with Gasteiger partial charge in [-0.05, 0) is 0 Å². The third-order valence-corrected chi connectivity index (χ3v) is 1.38. The van der Waals surface area contributed by atoms with E-state index in [9.17, 15) is 0 Å². The molecule has 0 heterocycles. The Hall–Kier alpha value is 0.556. The van der Waals surface area contributed by atoms with Gasteiger partial charge >= 0.3 is 23.1 Å². The minimum absolute atomic E-state index is 0. The molecule has 0 atom stereocenters. The van der Waals surface area contributed by atoms with Crippen LogP contribution < -0.4 is 6.15 Å². The molecule has 60 valence electrons. The summed E-state index contributed by atoms with van der Waals surface area (Å²) in [5.41, 5.74) is 1.38. The van der Waals surface area contributed by atoms with Crippen molar-refractivity contribution in [1.82, 2.24) is 6.15 Å². The molecule has 1 aliphatic carbocycles. The summed E-state index contributed by atoms with van der Waals surface area (Å²) < 4.78 is 0. The molecule has 0 aromatic rings. The van der Waals surface area contributed by atoms with E-state index in [1.54, 1.807) is 0 Å². The van der Waals surface area contributed by atoms with E-state index in [0.717, 1.165) is 6.42 Å². The maximum atomic E-state index is 2.25. The van der Waals surface area contributed by atoms with Crippen LogP contribution in [0.4, 0.5) is 0 Å². The SMILES string of the molecule is Br.CC1=CC[C-](C)C=C1.N.[Mg+2]. The zero-order chi connectivity index (χ0) is 5.98. The summed E-state index contributed by atoms with van der Waals surface area (Å²) in [5.74, 6) is 1.45. The minimum Gasteiger partial charge on any atom is -0.344 e. The molecule has 0 aliphatic heterocycles. The monoisotopic (exact) mass is 228 g/mol. The molecule has 3 N–H and O–H groups in total. The quantitative estimate of drug-likeness (QED) is 0.503. The van der Waals surface area contributed by atoms with E-state index in [2.05, 4.69) is 32.1 Å². The molecular weight excluding hydrogens is 214 g/mol. The van der Waals surface area contributed by atoms with Crippen LogP contribution in [0, 0.1) is 5.92 Å². The molecule has 3 heteroatoms. The Morgan fingerprint density at radius 2 is 2.00 bits per heavy atom. The maximum Gasteiger partial charge on any atom is 2.00 e. The van der Waals surface area contributed by atoms with Crippen molar-refractivity contribution in [2.75, 3.05) is 0 Å². The summed E-state index contributed by atoms with van der Waals surface area (Å²) in [4.78, 5) is 0. The first kappa shape index (κ1) is 17.6. The van der Waals surface area contributed by atoms with Crippen LogP contribution in [0.5, 0.6) is 0 Å². The molecule has 0 radical (unpaired) electrons. The Morgan fingerprint density at radius 1 is 1.45 bits per heavy atom. The average Bonchev–Trinajstić information content (AvgIpc) is 1.77. The molecule has 11 heavy (non-hydrogen) atoms. The van der Waals surface area contributed by atoms with E-state index < -0.39 is 0 Å². The van der Waals surface area contributed by atoms with Gasteiger partial charge in [-0.1, -0.05) is 13.3 Å². The zero-order valence-electron chi connectivity index (χ0n) is 7.26. The van der Waals surface area contributed by atoms with E-state index in [-0.39, 0.29) is 46.2 Å². The second-order valence-corrected chi connectivity index (χ2v) is 2.33. The van der Waals surface area contributed by atoms with Crippen molar-refractivity contribution < 1.29 is 0 Å². The summed E-state index contributed by atoms with van der Waals surface area (Å²) >= 11 is 0. The van der Waals surface area contributed by atoms with Crippen molar-refractivity contribution in [2.24, 2.45) is 0 Å². The van der Waals surface area contributed by atoms with Crippen molar-refractivity contribution in [3.63, 3.8) is 0 Å². The van der Waals surface area contributed by atoms with Crippen molar-refractivity contribution in [2.45, 2.75) is 20.3 Å². The van der Waals surface area contributed by atoms with Crippen molar-refractivity contribution >= 4 is 40.0 Å². The van der Waals surface area contributed by atoms with Gasteiger partial charge in [-0.2, -0.15) is 0 Å². The molecule has 0 aromatic carbocycles. The fraction of sp³-hybridized carbons (Fsp3) is 0.375. The van der Waals surface area contributed by atoms with E-state index in [0.29, 0.717) is 0 Å². The summed E-state index contributed by atoms with van der Waals surface area (Å²) in [6, 6.07) is 0. The third-order valence-electron chi connectivity index (χ3n) is 1.38. The minimum atomic E-state index is 0. The first-order chi connectivity index (χ1) is 3.79. The van der Waals surface area contributed by atoms with Gasteiger partial charge in [-0.15, -0.1) is 35.6 Å². The third kappa shape index (κ3) is 6.94. The van der Waals surface area contributed by atoms with Crippen LogP contribution in [-0.4, -0.2) is 23.1 Å². The van der Waals surface area contributed by atoms with Gasteiger partial charge in [0, 0.05) is 0 Å². The largest absolute Gasteiger partial charge is 2.00 e. The van der Waals surface area contributed by atoms with Gasteiger partial charge in [0.1, 0.15) is 0 Å². The van der Waals surface area contributed by atoms with Crippen LogP contribution in [0.2, 0.25) is 0 Å². The average molecular weight is 229 g/mol. The first-order valence-corrected chi connectivity index (χ1v) is 2.96. The molecule has 1 nitrogen and oxygen atoms in total. The van der Waals surface area contributed by atoms with Gasteiger partial charge in [-0.3, -0.25) is 0 Å². The Bertz CT molecular complexity index is 143. The molecule has 0 spiro atoms. The van der Waals surface area contributed by atoms with E-state index in [1.807, 2.05) is 0 Å². The number of halogens is 1. The molecular formula is C8H15BrMgN+. The number of hydrogen-bond donors (Lipinski definition) is 1. The van der Waals surface area contributed by atoms with E-state index in [4.69, 9.17) is 0 Å². The van der Waals surface area contributed by atoms with Gasteiger partial charge in [0.2, 0.25) is 0 Å². The van der Waals surface area contributed by atoms with E-state index >= 15 is 0 Å². The molecule has 0 fully saturated rings. The standard InChI is InChI=1S/C8H11.BrH.Mg.H3N/c1-7-3-5-8(2)6-4-7;;;/h3-5H,6H2,1-2H3;1H;;1H3/q-1;;+2;. The predicted molar refractivity (Wildman–Crippen MR) is 57.5 cm³/mol. The van der Waals surface area contributed by atoms with E-state index in [1.165, 1.54) is 11.5 Å². The Balaban J connectivity index is -0.000000213. The van der Waals surface area contributed by atoms with Gasteiger partial charge < -0.3 is 6.15 Å². The molecule has 0 bridgehead atoms. The van der Waals surface area contributed by atoms with Crippen LogP contribution in [0.3, 0.4) is 0 Å². The topological polar surface area (TPSA) is 35.0 Å². The summed E-state index contributed by atoms with van der Waals surface area (Å²) in [5, 5.41) is 0. The fourth-order valence-corrected chi connectivity index (χ4v) is 0.732. The molecule has 1 rings (SSSR count). The Kier molecular flexibility index (Phi) is 13.8. The Morgan fingerprint density at radius 3 is 2.27 bits per heavy atom. The summed E-state index contributed by atoms with van der Waals surface area (Å²) in [7, 11) is 0. The molecule has 0 saturated carbocycles. The van der Waals surface area contributed by atoms with Crippen molar-refractivity contribution in [1.29, 1.82) is 0 Å². The molecule has 0 saturated heterocycles. The zero-order valence-corrected chi connectivity index (χ0v) is 10.4. The molecule has 0 unspecified atom stereocenters. The van der Waals surface area contributed by atoms with Gasteiger partial charge in [-0.25, -0.2) is 18.1 Å². The van der Waals surface area contributed by atoms with Crippen LogP contribution in [0.25, 0.3) is 0 Å². The normalized spacial score (nSPS) is 13.6. The predicted octanol–water partition coefficient (Wildman–Crippen LogP) is 2.85. The second-order valence-electron chi connectivity index (χ2n) is 2.33. The molecule has 0 amide bonds. The van der Waals surface area contributed by atoms with Crippen LogP contribution in [0.15, 0.2) is 23.8 Å². The van der Waals surface area contributed by atoms with Crippen LogP contribution in [-0.2, 0) is 0 Å². The number of rotatable bonds is 0. The summed E-state index contributed by atoms with van der Waals surface area (Å²) in [6.07, 6.45) is 7.71. The molecule has 0 aromatic heterocycles. The number of allylic oxidation sites excluding steroid dienone is 4. The van der Waals surface area contributed by atoms with Crippen molar-refractivity contribution in [3.8, 4) is 0 Å². The van der Waals surface area contributed by atoms with Crippen LogP contribution >= 0.6 is 17.0 Å². The second kappa shape index (κ2) is 8.65. The first-order valence-electron chi connectivity index (χ1n) is 2.96. The van der Waals surface area contributed by atoms with Crippen LogP contribution in [0.1, 0.15) is 20.3 Å². The summed E-state index contributed by atoms with van der Waals surface area (Å²) in [6.45, 7) is 4.28. The number of hydrogen-bond acceptors (Lipinski definition) is 1. The maximum absolute atomic E-state index is 2.25. The smallest absolute Gasteiger partial charge is 0.344 e.